The lowest BCUT2D eigenvalue weighted by molar-refractivity contribution is -0.173. The molecule has 2 aliphatic rings. The number of benzene rings is 1. The van der Waals surface area contributed by atoms with E-state index in [1.165, 1.54) is 13.8 Å². The van der Waals surface area contributed by atoms with E-state index >= 15 is 0 Å². The zero-order valence-corrected chi connectivity index (χ0v) is 23.8. The van der Waals surface area contributed by atoms with Gasteiger partial charge in [0.05, 0.1) is 5.56 Å². The Kier molecular flexibility index (Phi) is 9.21. The minimum absolute atomic E-state index is 0.0593. The van der Waals surface area contributed by atoms with Crippen LogP contribution in [0.4, 0.5) is 0 Å². The molecule has 39 heavy (non-hydrogen) atoms. The number of ether oxygens (including phenoxy) is 3. The Balaban J connectivity index is 2.17. The molecule has 3 rings (SSSR count). The van der Waals surface area contributed by atoms with E-state index in [1.54, 1.807) is 69.3 Å². The van der Waals surface area contributed by atoms with Gasteiger partial charge in [0.15, 0.2) is 0 Å². The van der Waals surface area contributed by atoms with Gasteiger partial charge >= 0.3 is 17.9 Å². The van der Waals surface area contributed by atoms with Crippen LogP contribution in [0.1, 0.15) is 71.7 Å². The normalized spacial score (nSPS) is 32.6. The summed E-state index contributed by atoms with van der Waals surface area (Å²) in [6.07, 6.45) is 2.70. The van der Waals surface area contributed by atoms with Crippen LogP contribution < -0.4 is 0 Å². The molecule has 0 heterocycles. The van der Waals surface area contributed by atoms with E-state index in [9.17, 15) is 24.3 Å². The summed E-state index contributed by atoms with van der Waals surface area (Å²) in [5.74, 6) is -3.39. The summed E-state index contributed by atoms with van der Waals surface area (Å²) in [6, 6.07) is 8.56. The zero-order valence-electron chi connectivity index (χ0n) is 23.8. The third kappa shape index (κ3) is 6.85. The van der Waals surface area contributed by atoms with Gasteiger partial charge in [-0.15, -0.1) is 0 Å². The number of hydrogen-bond donors (Lipinski definition) is 1. The highest BCUT2D eigenvalue weighted by molar-refractivity contribution is 5.89. The Morgan fingerprint density at radius 1 is 0.974 bits per heavy atom. The van der Waals surface area contributed by atoms with Crippen LogP contribution in [0, 0.1) is 23.2 Å². The maximum atomic E-state index is 13.3. The fourth-order valence-corrected chi connectivity index (χ4v) is 5.65. The second-order valence-corrected chi connectivity index (χ2v) is 11.5. The average Bonchev–Trinajstić information content (AvgIpc) is 3.09. The van der Waals surface area contributed by atoms with Gasteiger partial charge in [-0.2, -0.15) is 0 Å². The number of esters is 3. The summed E-state index contributed by atoms with van der Waals surface area (Å²) >= 11 is 0. The highest BCUT2D eigenvalue weighted by atomic mass is 16.6. The number of hydrogen-bond acceptors (Lipinski definition) is 8. The monoisotopic (exact) mass is 540 g/mol. The molecule has 0 amide bonds. The molecule has 8 heteroatoms. The summed E-state index contributed by atoms with van der Waals surface area (Å²) in [7, 11) is 0. The van der Waals surface area contributed by atoms with E-state index in [0.717, 1.165) is 0 Å². The van der Waals surface area contributed by atoms with Crippen molar-refractivity contribution in [2.45, 2.75) is 85.2 Å². The number of allylic oxidation sites excluding steroid dienone is 1. The molecular formula is C31H40O8. The maximum absolute atomic E-state index is 13.3. The molecule has 0 aliphatic heterocycles. The van der Waals surface area contributed by atoms with Gasteiger partial charge in [-0.05, 0) is 50.8 Å². The van der Waals surface area contributed by atoms with Gasteiger partial charge in [-0.25, -0.2) is 4.79 Å². The number of aliphatic hydroxyl groups is 1. The first-order chi connectivity index (χ1) is 18.2. The lowest BCUT2D eigenvalue weighted by Crippen LogP contribution is -2.52. The number of fused-ring (bicyclic) bond motifs is 1. The Morgan fingerprint density at radius 2 is 1.59 bits per heavy atom. The molecular weight excluding hydrogens is 500 g/mol. The highest BCUT2D eigenvalue weighted by Gasteiger charge is 2.58. The predicted octanol–water partition coefficient (Wildman–Crippen LogP) is 4.60. The van der Waals surface area contributed by atoms with Crippen molar-refractivity contribution in [3.63, 3.8) is 0 Å². The number of rotatable bonds is 4. The molecule has 7 atom stereocenters. The van der Waals surface area contributed by atoms with Crippen LogP contribution in [0.15, 0.2) is 54.1 Å². The number of carbonyl (C=O) groups excluding carboxylic acids is 4. The third-order valence-electron chi connectivity index (χ3n) is 7.82. The van der Waals surface area contributed by atoms with Gasteiger partial charge in [0.2, 0.25) is 0 Å². The Hall–Kier alpha value is -3.26. The molecule has 0 radical (unpaired) electrons. The molecule has 1 fully saturated rings. The minimum Gasteiger partial charge on any atom is -0.459 e. The van der Waals surface area contributed by atoms with E-state index in [2.05, 4.69) is 0 Å². The number of carbonyl (C=O) groups is 4. The van der Waals surface area contributed by atoms with E-state index in [4.69, 9.17) is 14.2 Å². The molecule has 0 spiro atoms. The SMILES string of the molecule is CC(=O)O[C@@H]1CC(=O)C(C)(C)C=C[C@H](C)[C@H](OC(C)=O)[C@@]2(O)C[C@@H](C)[C@H](OC(=O)c3ccccc3)[C@@H]2C=C1C. The van der Waals surface area contributed by atoms with Gasteiger partial charge in [-0.3, -0.25) is 14.4 Å². The molecule has 0 unspecified atom stereocenters. The molecule has 0 bridgehead atoms. The minimum atomic E-state index is -1.62. The number of Topliss-reactive ketones (excluding diaryl/α,β-unsaturated/α-hetero) is 1. The lowest BCUT2D eigenvalue weighted by Gasteiger charge is -2.40. The zero-order chi connectivity index (χ0) is 29.1. The second kappa shape index (κ2) is 11.9. The van der Waals surface area contributed by atoms with Crippen molar-refractivity contribution in [2.24, 2.45) is 23.2 Å². The predicted molar refractivity (Wildman–Crippen MR) is 144 cm³/mol. The fourth-order valence-electron chi connectivity index (χ4n) is 5.65. The first-order valence-corrected chi connectivity index (χ1v) is 13.4. The van der Waals surface area contributed by atoms with Crippen LogP contribution in [-0.4, -0.2) is 52.7 Å². The molecule has 1 N–H and O–H groups in total. The van der Waals surface area contributed by atoms with Crippen molar-refractivity contribution >= 4 is 23.7 Å². The molecule has 1 saturated carbocycles. The van der Waals surface area contributed by atoms with Gasteiger partial charge in [0, 0.05) is 37.5 Å². The van der Waals surface area contributed by atoms with Crippen molar-refractivity contribution < 1.29 is 38.5 Å². The van der Waals surface area contributed by atoms with Crippen LogP contribution in [0.2, 0.25) is 0 Å². The molecule has 1 aromatic rings. The van der Waals surface area contributed by atoms with Gasteiger partial charge in [-0.1, -0.05) is 50.3 Å². The molecule has 212 valence electrons. The van der Waals surface area contributed by atoms with Crippen LogP contribution in [0.25, 0.3) is 0 Å². The molecule has 0 saturated heterocycles. The van der Waals surface area contributed by atoms with Crippen LogP contribution in [0.5, 0.6) is 0 Å². The quantitative estimate of drug-likeness (QED) is 0.335. The maximum Gasteiger partial charge on any atom is 0.338 e. The average molecular weight is 541 g/mol. The first-order valence-electron chi connectivity index (χ1n) is 13.4. The van der Waals surface area contributed by atoms with E-state index in [0.29, 0.717) is 11.1 Å². The van der Waals surface area contributed by atoms with Crippen molar-refractivity contribution in [3.8, 4) is 0 Å². The van der Waals surface area contributed by atoms with E-state index in [-0.39, 0.29) is 24.5 Å². The molecule has 8 nitrogen and oxygen atoms in total. The molecule has 0 aromatic heterocycles. The van der Waals surface area contributed by atoms with Crippen molar-refractivity contribution in [3.05, 3.63) is 59.7 Å². The van der Waals surface area contributed by atoms with Crippen LogP contribution >= 0.6 is 0 Å². The summed E-state index contributed by atoms with van der Waals surface area (Å²) in [5, 5.41) is 12.3. The van der Waals surface area contributed by atoms with Gasteiger partial charge in [0.1, 0.15) is 29.7 Å². The van der Waals surface area contributed by atoms with Crippen molar-refractivity contribution in [1.82, 2.24) is 0 Å². The molecule has 1 aromatic carbocycles. The molecule has 2 aliphatic carbocycles. The third-order valence-corrected chi connectivity index (χ3v) is 7.82. The summed E-state index contributed by atoms with van der Waals surface area (Å²) < 4.78 is 17.3. The van der Waals surface area contributed by atoms with E-state index in [1.807, 2.05) is 13.8 Å². The lowest BCUT2D eigenvalue weighted by atomic mass is 9.75. The Labute approximate surface area is 230 Å². The number of ketones is 1. The van der Waals surface area contributed by atoms with Crippen molar-refractivity contribution in [2.75, 3.05) is 0 Å². The van der Waals surface area contributed by atoms with Crippen LogP contribution in [0.3, 0.4) is 0 Å². The smallest absolute Gasteiger partial charge is 0.338 e. The topological polar surface area (TPSA) is 116 Å². The van der Waals surface area contributed by atoms with E-state index < -0.39 is 59.1 Å². The van der Waals surface area contributed by atoms with Gasteiger partial charge in [0.25, 0.3) is 0 Å². The van der Waals surface area contributed by atoms with Crippen molar-refractivity contribution in [1.29, 1.82) is 0 Å². The second-order valence-electron chi connectivity index (χ2n) is 11.5. The fraction of sp³-hybridized carbons (Fsp3) is 0.548. The Bertz CT molecular complexity index is 1150. The largest absolute Gasteiger partial charge is 0.459 e. The summed E-state index contributed by atoms with van der Waals surface area (Å²) in [4.78, 5) is 50.6. The summed E-state index contributed by atoms with van der Waals surface area (Å²) in [5.41, 5.74) is -1.61. The Morgan fingerprint density at radius 3 is 2.18 bits per heavy atom. The van der Waals surface area contributed by atoms with Gasteiger partial charge < -0.3 is 19.3 Å². The first kappa shape index (κ1) is 30.3. The van der Waals surface area contributed by atoms with Crippen LogP contribution in [-0.2, 0) is 28.6 Å². The summed E-state index contributed by atoms with van der Waals surface area (Å²) in [6.45, 7) is 11.5. The standard InChI is InChI=1S/C31H40O8/c1-18-13-14-30(6,7)26(34)16-25(37-21(4)32)19(2)15-24-27(39-29(35)23-11-9-8-10-12-23)20(3)17-31(24,36)28(18)38-22(5)33/h8-15,18,20,24-25,27-28,36H,16-17H2,1-7H3/t18-,20+,24-,25+,27-,28-,31+/m0/s1. The highest BCUT2D eigenvalue weighted by Crippen LogP contribution is 2.48.